The van der Waals surface area contributed by atoms with Crippen LogP contribution in [0.4, 0.5) is 5.69 Å². The van der Waals surface area contributed by atoms with Crippen molar-refractivity contribution in [3.05, 3.63) is 24.3 Å². The van der Waals surface area contributed by atoms with Crippen LogP contribution in [-0.2, 0) is 9.53 Å². The predicted molar refractivity (Wildman–Crippen MR) is 110 cm³/mol. The predicted octanol–water partition coefficient (Wildman–Crippen LogP) is 4.33. The number of anilines is 1. The highest BCUT2D eigenvalue weighted by atomic mass is 16.5. The Labute approximate surface area is 164 Å². The summed E-state index contributed by atoms with van der Waals surface area (Å²) in [7, 11) is 0. The maximum Gasteiger partial charge on any atom is 0.256 e. The second kappa shape index (κ2) is 10.7. The van der Waals surface area contributed by atoms with Gasteiger partial charge in [0.15, 0.2) is 0 Å². The van der Waals surface area contributed by atoms with Gasteiger partial charge in [0.25, 0.3) is 5.91 Å². The topological polar surface area (TPSA) is 50.8 Å². The van der Waals surface area contributed by atoms with Crippen LogP contribution in [0, 0.1) is 5.92 Å². The van der Waals surface area contributed by atoms with E-state index in [-0.39, 0.29) is 5.91 Å². The molecule has 0 aromatic heterocycles. The number of carbonyl (C=O) groups excluding carboxylic acids is 1. The molecule has 1 amide bonds. The summed E-state index contributed by atoms with van der Waals surface area (Å²) in [6.45, 7) is 12.7. The van der Waals surface area contributed by atoms with Gasteiger partial charge in [-0.05, 0) is 69.8 Å². The summed E-state index contributed by atoms with van der Waals surface area (Å²) < 4.78 is 11.6. The Morgan fingerprint density at radius 2 is 2.04 bits per heavy atom. The third-order valence-electron chi connectivity index (χ3n) is 5.20. The number of hydrogen-bond acceptors (Lipinski definition) is 4. The van der Waals surface area contributed by atoms with E-state index in [4.69, 9.17) is 9.47 Å². The van der Waals surface area contributed by atoms with E-state index in [2.05, 4.69) is 24.1 Å². The van der Waals surface area contributed by atoms with Crippen LogP contribution < -0.4 is 10.1 Å². The number of piperidine rings is 1. The molecule has 0 spiro atoms. The standard InChI is InChI=1S/C22H36N2O3/c1-5-13-22(4,27-6-2)21(25)23-19-9-11-20(12-10-19)26-16-15-24-14-7-8-18(3)17-24/h9-12,18H,5-8,13-17H2,1-4H3,(H,23,25). The number of amides is 1. The molecule has 5 nitrogen and oxygen atoms in total. The fourth-order valence-electron chi connectivity index (χ4n) is 3.73. The molecule has 1 heterocycles. The smallest absolute Gasteiger partial charge is 0.256 e. The molecule has 1 aliphatic heterocycles. The van der Waals surface area contributed by atoms with Gasteiger partial charge in [0, 0.05) is 25.4 Å². The number of nitrogens with one attached hydrogen (secondary N) is 1. The molecular formula is C22H36N2O3. The molecule has 27 heavy (non-hydrogen) atoms. The minimum atomic E-state index is -0.787. The lowest BCUT2D eigenvalue weighted by atomic mass is 9.99. The Kier molecular flexibility index (Phi) is 8.58. The summed E-state index contributed by atoms with van der Waals surface area (Å²) in [5.41, 5.74) is -0.0243. The average molecular weight is 377 g/mol. The Hall–Kier alpha value is -1.59. The first kappa shape index (κ1) is 21.7. The first-order valence-electron chi connectivity index (χ1n) is 10.4. The lowest BCUT2D eigenvalue weighted by molar-refractivity contribution is -0.139. The number of likely N-dealkylation sites (tertiary alicyclic amines) is 1. The SMILES string of the molecule is CCCC(C)(OCC)C(=O)Nc1ccc(OCCN2CCCC(C)C2)cc1. The summed E-state index contributed by atoms with van der Waals surface area (Å²) in [5.74, 6) is 1.52. The first-order chi connectivity index (χ1) is 13.0. The number of hydrogen-bond donors (Lipinski definition) is 1. The molecule has 0 saturated carbocycles. The molecule has 2 unspecified atom stereocenters. The van der Waals surface area contributed by atoms with Crippen molar-refractivity contribution >= 4 is 11.6 Å². The zero-order chi connectivity index (χ0) is 19.7. The van der Waals surface area contributed by atoms with E-state index in [9.17, 15) is 4.79 Å². The largest absolute Gasteiger partial charge is 0.492 e. The van der Waals surface area contributed by atoms with Crippen molar-refractivity contribution in [2.45, 2.75) is 59.0 Å². The lowest BCUT2D eigenvalue weighted by Crippen LogP contribution is -2.42. The normalized spacial score (nSPS) is 20.1. The molecule has 1 saturated heterocycles. The van der Waals surface area contributed by atoms with Crippen LogP contribution in [0.15, 0.2) is 24.3 Å². The molecule has 1 aromatic carbocycles. The van der Waals surface area contributed by atoms with Crippen LogP contribution in [0.2, 0.25) is 0 Å². The van der Waals surface area contributed by atoms with Crippen LogP contribution in [0.25, 0.3) is 0 Å². The minimum Gasteiger partial charge on any atom is -0.492 e. The summed E-state index contributed by atoms with van der Waals surface area (Å²) >= 11 is 0. The molecule has 0 bridgehead atoms. The second-order valence-corrected chi connectivity index (χ2v) is 7.79. The molecule has 2 atom stereocenters. The molecule has 1 fully saturated rings. The van der Waals surface area contributed by atoms with Crippen LogP contribution in [0.5, 0.6) is 5.75 Å². The van der Waals surface area contributed by atoms with Crippen molar-refractivity contribution in [2.24, 2.45) is 5.92 Å². The molecule has 1 N–H and O–H groups in total. The summed E-state index contributed by atoms with van der Waals surface area (Å²) in [6.07, 6.45) is 4.22. The third kappa shape index (κ3) is 6.82. The van der Waals surface area contributed by atoms with Gasteiger partial charge < -0.3 is 14.8 Å². The van der Waals surface area contributed by atoms with Gasteiger partial charge in [0.1, 0.15) is 18.0 Å². The number of nitrogens with zero attached hydrogens (tertiary/aromatic N) is 1. The Morgan fingerprint density at radius 1 is 1.30 bits per heavy atom. The van der Waals surface area contributed by atoms with Gasteiger partial charge >= 0.3 is 0 Å². The van der Waals surface area contributed by atoms with Gasteiger partial charge in [-0.15, -0.1) is 0 Å². The number of carbonyl (C=O) groups is 1. The fourth-order valence-corrected chi connectivity index (χ4v) is 3.73. The second-order valence-electron chi connectivity index (χ2n) is 7.79. The van der Waals surface area contributed by atoms with Crippen molar-refractivity contribution in [1.82, 2.24) is 4.90 Å². The average Bonchev–Trinajstić information content (AvgIpc) is 2.63. The molecule has 152 valence electrons. The molecule has 1 aromatic rings. The van der Waals surface area contributed by atoms with Gasteiger partial charge in [-0.2, -0.15) is 0 Å². The lowest BCUT2D eigenvalue weighted by Gasteiger charge is -2.30. The van der Waals surface area contributed by atoms with Gasteiger partial charge in [-0.25, -0.2) is 0 Å². The zero-order valence-electron chi connectivity index (χ0n) is 17.4. The van der Waals surface area contributed by atoms with Gasteiger partial charge in [0.05, 0.1) is 0 Å². The number of ether oxygens (including phenoxy) is 2. The maximum atomic E-state index is 12.6. The molecule has 0 aliphatic carbocycles. The van der Waals surface area contributed by atoms with Gasteiger partial charge in [-0.3, -0.25) is 9.69 Å². The van der Waals surface area contributed by atoms with E-state index in [0.717, 1.165) is 30.3 Å². The van der Waals surface area contributed by atoms with Gasteiger partial charge in [-0.1, -0.05) is 20.3 Å². The Morgan fingerprint density at radius 3 is 2.67 bits per heavy atom. The van der Waals surface area contributed by atoms with Crippen molar-refractivity contribution < 1.29 is 14.3 Å². The third-order valence-corrected chi connectivity index (χ3v) is 5.20. The van der Waals surface area contributed by atoms with Crippen LogP contribution in [0.1, 0.15) is 53.4 Å². The van der Waals surface area contributed by atoms with Gasteiger partial charge in [0.2, 0.25) is 0 Å². The van der Waals surface area contributed by atoms with Crippen LogP contribution in [0.3, 0.4) is 0 Å². The monoisotopic (exact) mass is 376 g/mol. The first-order valence-corrected chi connectivity index (χ1v) is 10.4. The highest BCUT2D eigenvalue weighted by Gasteiger charge is 2.32. The van der Waals surface area contributed by atoms with Crippen molar-refractivity contribution in [1.29, 1.82) is 0 Å². The van der Waals surface area contributed by atoms with Crippen LogP contribution >= 0.6 is 0 Å². The van der Waals surface area contributed by atoms with Crippen molar-refractivity contribution in [2.75, 3.05) is 38.2 Å². The Balaban J connectivity index is 1.81. The number of benzene rings is 1. The molecule has 5 heteroatoms. The van der Waals surface area contributed by atoms with Crippen molar-refractivity contribution in [3.8, 4) is 5.75 Å². The van der Waals surface area contributed by atoms with E-state index in [1.165, 1.54) is 25.9 Å². The fraction of sp³-hybridized carbons (Fsp3) is 0.682. The van der Waals surface area contributed by atoms with Crippen molar-refractivity contribution in [3.63, 3.8) is 0 Å². The molecule has 1 aliphatic rings. The highest BCUT2D eigenvalue weighted by molar-refractivity contribution is 5.97. The maximum absolute atomic E-state index is 12.6. The Bertz CT molecular complexity index is 567. The number of rotatable bonds is 10. The summed E-state index contributed by atoms with van der Waals surface area (Å²) in [5, 5.41) is 2.96. The zero-order valence-corrected chi connectivity index (χ0v) is 17.4. The molecule has 0 radical (unpaired) electrons. The molecule has 2 rings (SSSR count). The summed E-state index contributed by atoms with van der Waals surface area (Å²) in [6, 6.07) is 7.58. The quantitative estimate of drug-likeness (QED) is 0.660. The van der Waals surface area contributed by atoms with E-state index in [0.29, 0.717) is 19.6 Å². The summed E-state index contributed by atoms with van der Waals surface area (Å²) in [4.78, 5) is 15.1. The van der Waals surface area contributed by atoms with E-state index < -0.39 is 5.60 Å². The van der Waals surface area contributed by atoms with E-state index >= 15 is 0 Å². The minimum absolute atomic E-state index is 0.0981. The molecular weight excluding hydrogens is 340 g/mol. The van der Waals surface area contributed by atoms with Crippen LogP contribution in [-0.4, -0.2) is 49.3 Å². The highest BCUT2D eigenvalue weighted by Crippen LogP contribution is 2.22. The van der Waals surface area contributed by atoms with E-state index in [1.54, 1.807) is 0 Å². The van der Waals surface area contributed by atoms with E-state index in [1.807, 2.05) is 38.1 Å².